The van der Waals surface area contributed by atoms with Gasteiger partial charge in [-0.1, -0.05) is 29.3 Å². The number of allylic oxidation sites excluding steroid dienone is 2. The maximum Gasteiger partial charge on any atom is 0.241 e. The highest BCUT2D eigenvalue weighted by atomic mass is 35.5. The molecular weight excluding hydrogens is 635 g/mol. The molecule has 6 atom stereocenters. The Morgan fingerprint density at radius 1 is 1.02 bits per heavy atom. The third-order valence-electron chi connectivity index (χ3n) is 10.2. The molecule has 2 aliphatic carbocycles. The van der Waals surface area contributed by atoms with Crippen LogP contribution in [0.2, 0.25) is 5.02 Å². The van der Waals surface area contributed by atoms with Crippen LogP contribution in [0.15, 0.2) is 59.5 Å². The summed E-state index contributed by atoms with van der Waals surface area (Å²) >= 11 is 7.55. The number of halogens is 2. The molecule has 2 aliphatic heterocycles. The maximum atomic E-state index is 14.6. The molecule has 46 heavy (non-hydrogen) atoms. The summed E-state index contributed by atoms with van der Waals surface area (Å²) in [5, 5.41) is 12.1. The van der Waals surface area contributed by atoms with E-state index in [4.69, 9.17) is 21.1 Å². The van der Waals surface area contributed by atoms with Crippen molar-refractivity contribution < 1.29 is 38.1 Å². The first-order chi connectivity index (χ1) is 22.0. The molecule has 0 bridgehead atoms. The van der Waals surface area contributed by atoms with E-state index in [0.29, 0.717) is 5.56 Å². The predicted molar refractivity (Wildman–Crippen MR) is 167 cm³/mol. The highest BCUT2D eigenvalue weighted by Gasteiger charge is 2.68. The van der Waals surface area contributed by atoms with Gasteiger partial charge in [0.15, 0.2) is 0 Å². The van der Waals surface area contributed by atoms with E-state index < -0.39 is 52.6 Å². The van der Waals surface area contributed by atoms with Crippen molar-refractivity contribution in [1.82, 2.24) is 4.90 Å². The molecule has 6 unspecified atom stereocenters. The minimum Gasteiger partial charge on any atom is -0.508 e. The van der Waals surface area contributed by atoms with Gasteiger partial charge in [-0.15, -0.1) is 11.3 Å². The predicted octanol–water partition coefficient (Wildman–Crippen LogP) is 5.69. The van der Waals surface area contributed by atoms with Gasteiger partial charge in [-0.05, 0) is 55.3 Å². The van der Waals surface area contributed by atoms with Crippen molar-refractivity contribution in [3.63, 3.8) is 0 Å². The maximum absolute atomic E-state index is 14.6. The number of aromatic hydroxyl groups is 1. The van der Waals surface area contributed by atoms with Crippen LogP contribution in [-0.2, 0) is 25.7 Å². The average Bonchev–Trinajstić information content (AvgIpc) is 3.69. The lowest BCUT2D eigenvalue weighted by Crippen LogP contribution is -2.49. The van der Waals surface area contributed by atoms with E-state index >= 15 is 0 Å². The molecule has 1 N–H and O–H groups in total. The number of phenolic OH excluding ortho intramolecular Hbond substituents is 1. The molecule has 12 heteroatoms. The number of hydrogen-bond donors (Lipinski definition) is 1. The number of phenols is 1. The van der Waals surface area contributed by atoms with E-state index in [9.17, 15) is 28.7 Å². The fourth-order valence-electron chi connectivity index (χ4n) is 8.18. The standard InChI is InChI=1S/C34H30ClFN2O7S/c1-34-22(31(41)38(33(34)43)16-6-9-24(36)23(35)11-16)14-21-19(29(34)28-25(44-2)12-17(39)13-26(28)45-3)7-8-20-27(21)32(42)37(30(20)40)15-18-5-4-10-46-18/h4-7,9-13,20-22,27,29,39H,8,14-15H2,1-3H3. The van der Waals surface area contributed by atoms with Crippen LogP contribution in [0.25, 0.3) is 0 Å². The molecular formula is C34H30ClFN2O7S. The molecule has 9 nitrogen and oxygen atoms in total. The first-order valence-electron chi connectivity index (χ1n) is 14.9. The molecule has 2 saturated heterocycles. The van der Waals surface area contributed by atoms with Crippen LogP contribution in [0.1, 0.15) is 36.1 Å². The van der Waals surface area contributed by atoms with Crippen molar-refractivity contribution >= 4 is 52.3 Å². The number of amides is 4. The second-order valence-corrected chi connectivity index (χ2v) is 13.8. The van der Waals surface area contributed by atoms with Gasteiger partial charge in [-0.25, -0.2) is 9.29 Å². The Morgan fingerprint density at radius 2 is 1.74 bits per heavy atom. The number of rotatable bonds is 6. The fraction of sp³-hybridized carbons (Fsp3) is 0.353. The molecule has 3 aromatic rings. The minimum absolute atomic E-state index is 0.124. The third kappa shape index (κ3) is 4.24. The van der Waals surface area contributed by atoms with E-state index in [1.807, 2.05) is 23.6 Å². The van der Waals surface area contributed by atoms with Crippen molar-refractivity contribution in [3.05, 3.63) is 80.8 Å². The summed E-state index contributed by atoms with van der Waals surface area (Å²) in [4.78, 5) is 60.1. The summed E-state index contributed by atoms with van der Waals surface area (Å²) < 4.78 is 25.6. The Kier molecular flexibility index (Phi) is 7.24. The third-order valence-corrected chi connectivity index (χ3v) is 11.4. The number of fused-ring (bicyclic) bond motifs is 4. The molecule has 4 amide bonds. The zero-order chi connectivity index (χ0) is 32.7. The summed E-state index contributed by atoms with van der Waals surface area (Å²) in [5.74, 6) is -5.57. The van der Waals surface area contributed by atoms with Gasteiger partial charge in [0, 0.05) is 28.5 Å². The summed E-state index contributed by atoms with van der Waals surface area (Å²) in [6.45, 7) is 1.89. The molecule has 3 heterocycles. The van der Waals surface area contributed by atoms with E-state index in [-0.39, 0.29) is 59.2 Å². The van der Waals surface area contributed by atoms with E-state index in [1.54, 1.807) is 6.92 Å². The minimum atomic E-state index is -1.41. The summed E-state index contributed by atoms with van der Waals surface area (Å²) in [6, 6.07) is 10.2. The molecule has 0 spiro atoms. The second kappa shape index (κ2) is 10.9. The highest BCUT2D eigenvalue weighted by molar-refractivity contribution is 7.09. The fourth-order valence-corrected chi connectivity index (χ4v) is 9.05. The number of nitrogens with zero attached hydrogens (tertiary/aromatic N) is 2. The smallest absolute Gasteiger partial charge is 0.241 e. The highest BCUT2D eigenvalue weighted by Crippen LogP contribution is 2.65. The Balaban J connectivity index is 1.40. The molecule has 238 valence electrons. The lowest BCUT2D eigenvalue weighted by molar-refractivity contribution is -0.141. The van der Waals surface area contributed by atoms with Crippen molar-refractivity contribution in [3.8, 4) is 17.2 Å². The topological polar surface area (TPSA) is 113 Å². The quantitative estimate of drug-likeness (QED) is 0.266. The van der Waals surface area contributed by atoms with E-state index in [1.165, 1.54) is 54.7 Å². The van der Waals surface area contributed by atoms with Gasteiger partial charge < -0.3 is 14.6 Å². The molecule has 0 radical (unpaired) electrons. The van der Waals surface area contributed by atoms with Crippen LogP contribution in [-0.4, -0.2) is 47.9 Å². The molecule has 3 fully saturated rings. The molecule has 1 aromatic heterocycles. The lowest BCUT2D eigenvalue weighted by atomic mass is 9.51. The lowest BCUT2D eigenvalue weighted by Gasteiger charge is -2.49. The van der Waals surface area contributed by atoms with Crippen molar-refractivity contribution in [1.29, 1.82) is 0 Å². The molecule has 1 saturated carbocycles. The van der Waals surface area contributed by atoms with Crippen molar-refractivity contribution in [2.45, 2.75) is 32.2 Å². The number of methoxy groups -OCH3 is 2. The number of ether oxygens (including phenoxy) is 2. The summed E-state index contributed by atoms with van der Waals surface area (Å²) in [7, 11) is 2.86. The Labute approximate surface area is 273 Å². The van der Waals surface area contributed by atoms with Crippen LogP contribution in [0, 0.1) is 34.9 Å². The number of carbonyl (C=O) groups is 4. The number of imide groups is 2. The zero-order valence-corrected chi connectivity index (χ0v) is 26.7. The zero-order valence-electron chi connectivity index (χ0n) is 25.2. The molecule has 7 rings (SSSR count). The Bertz CT molecular complexity index is 1820. The van der Waals surface area contributed by atoms with Crippen LogP contribution < -0.4 is 14.4 Å². The van der Waals surface area contributed by atoms with Gasteiger partial charge in [0.1, 0.15) is 23.1 Å². The largest absolute Gasteiger partial charge is 0.508 e. The number of anilines is 1. The van der Waals surface area contributed by atoms with Gasteiger partial charge in [0.2, 0.25) is 23.6 Å². The first kappa shape index (κ1) is 30.4. The summed E-state index contributed by atoms with van der Waals surface area (Å²) in [5.41, 5.74) is -0.101. The van der Waals surface area contributed by atoms with Gasteiger partial charge in [0.25, 0.3) is 0 Å². The number of thiophene rings is 1. The molecule has 4 aliphatic rings. The van der Waals surface area contributed by atoms with Gasteiger partial charge in [-0.3, -0.25) is 24.1 Å². The van der Waals surface area contributed by atoms with Crippen molar-refractivity contribution in [2.24, 2.45) is 29.1 Å². The number of benzene rings is 2. The number of likely N-dealkylation sites (tertiary alicyclic amines) is 1. The van der Waals surface area contributed by atoms with Crippen molar-refractivity contribution in [2.75, 3.05) is 19.1 Å². The number of carbonyl (C=O) groups excluding carboxylic acids is 4. The van der Waals surface area contributed by atoms with Crippen LogP contribution in [0.3, 0.4) is 0 Å². The van der Waals surface area contributed by atoms with Crippen LogP contribution >= 0.6 is 22.9 Å². The van der Waals surface area contributed by atoms with Gasteiger partial charge >= 0.3 is 0 Å². The SMILES string of the molecule is COc1cc(O)cc(OC)c1C1C2=CCC3C(=O)N(Cc4cccs4)C(=O)C3C2CC2C(=O)N(c3ccc(F)c(Cl)c3)C(=O)C21C. The van der Waals surface area contributed by atoms with Gasteiger partial charge in [0.05, 0.1) is 54.6 Å². The summed E-state index contributed by atoms with van der Waals surface area (Å²) in [6.07, 6.45) is 2.35. The van der Waals surface area contributed by atoms with Crippen LogP contribution in [0.5, 0.6) is 17.2 Å². The Hall–Kier alpha value is -4.22. The van der Waals surface area contributed by atoms with E-state index in [2.05, 4.69) is 0 Å². The van der Waals surface area contributed by atoms with Gasteiger partial charge in [-0.2, -0.15) is 0 Å². The second-order valence-electron chi connectivity index (χ2n) is 12.4. The monoisotopic (exact) mass is 664 g/mol. The Morgan fingerprint density at radius 3 is 2.37 bits per heavy atom. The van der Waals surface area contributed by atoms with E-state index in [0.717, 1.165) is 21.4 Å². The normalized spacial score (nSPS) is 28.6. The van der Waals surface area contributed by atoms with Crippen LogP contribution in [0.4, 0.5) is 10.1 Å². The first-order valence-corrected chi connectivity index (χ1v) is 16.1. The number of hydrogen-bond acceptors (Lipinski definition) is 8. The average molecular weight is 665 g/mol. The molecule has 2 aromatic carbocycles.